The number of hydrogen-bond acceptors (Lipinski definition) is 5. The first-order valence-electron chi connectivity index (χ1n) is 10.1. The van der Waals surface area contributed by atoms with E-state index in [0.29, 0.717) is 31.9 Å². The zero-order valence-electron chi connectivity index (χ0n) is 17.3. The molecule has 2 aromatic carbocycles. The van der Waals surface area contributed by atoms with Gasteiger partial charge < -0.3 is 19.6 Å². The van der Waals surface area contributed by atoms with Gasteiger partial charge >= 0.3 is 6.18 Å². The highest BCUT2D eigenvalue weighted by molar-refractivity contribution is 6.32. The van der Waals surface area contributed by atoms with Crippen molar-refractivity contribution in [2.45, 2.75) is 6.18 Å². The Balaban J connectivity index is 1.44. The van der Waals surface area contributed by atoms with Crippen LogP contribution in [0.3, 0.4) is 0 Å². The number of nitrogens with zero attached hydrogens (tertiary/aromatic N) is 4. The summed E-state index contributed by atoms with van der Waals surface area (Å²) >= 11 is 6.12. The van der Waals surface area contributed by atoms with Crippen LogP contribution in [0, 0.1) is 0 Å². The second kappa shape index (κ2) is 9.22. The zero-order valence-corrected chi connectivity index (χ0v) is 18.1. The van der Waals surface area contributed by atoms with Crippen molar-refractivity contribution in [3.8, 4) is 17.3 Å². The van der Waals surface area contributed by atoms with Crippen molar-refractivity contribution in [1.82, 2.24) is 14.7 Å². The van der Waals surface area contributed by atoms with Crippen molar-refractivity contribution in [2.75, 3.05) is 37.7 Å². The monoisotopic (exact) mass is 480 g/mol. The van der Waals surface area contributed by atoms with Gasteiger partial charge in [-0.05, 0) is 24.3 Å². The summed E-state index contributed by atoms with van der Waals surface area (Å²) in [7, 11) is 0. The van der Waals surface area contributed by atoms with Crippen molar-refractivity contribution < 1.29 is 27.8 Å². The van der Waals surface area contributed by atoms with E-state index < -0.39 is 18.5 Å². The molecule has 0 atom stereocenters. The number of ether oxygens (including phenoxy) is 1. The van der Waals surface area contributed by atoms with Gasteiger partial charge in [0.15, 0.2) is 12.3 Å². The van der Waals surface area contributed by atoms with Crippen LogP contribution in [0.2, 0.25) is 5.02 Å². The summed E-state index contributed by atoms with van der Waals surface area (Å²) in [5.74, 6) is -0.446. The van der Waals surface area contributed by atoms with E-state index >= 15 is 0 Å². The Hall–Kier alpha value is -3.40. The molecule has 0 saturated carbocycles. The smallest absolute Gasteiger partial charge is 0.435 e. The van der Waals surface area contributed by atoms with Crippen molar-refractivity contribution >= 4 is 23.2 Å². The number of alkyl halides is 3. The number of piperazine rings is 1. The number of benzene rings is 2. The summed E-state index contributed by atoms with van der Waals surface area (Å²) in [6.45, 7) is 1.31. The zero-order chi connectivity index (χ0) is 23.6. The van der Waals surface area contributed by atoms with E-state index in [4.69, 9.17) is 16.3 Å². The van der Waals surface area contributed by atoms with E-state index in [9.17, 15) is 23.1 Å². The van der Waals surface area contributed by atoms with Crippen molar-refractivity contribution in [2.24, 2.45) is 0 Å². The van der Waals surface area contributed by atoms with Gasteiger partial charge in [-0.25, -0.2) is 0 Å². The van der Waals surface area contributed by atoms with Crippen LogP contribution in [-0.4, -0.2) is 58.5 Å². The number of anilines is 1. The average Bonchev–Trinajstić information content (AvgIpc) is 3.23. The molecule has 1 saturated heterocycles. The van der Waals surface area contributed by atoms with Crippen LogP contribution in [0.15, 0.2) is 54.6 Å². The van der Waals surface area contributed by atoms with Crippen LogP contribution in [0.4, 0.5) is 18.9 Å². The number of aromatic nitrogens is 2. The Morgan fingerprint density at radius 3 is 2.30 bits per heavy atom. The minimum atomic E-state index is -4.69. The standard InChI is InChI=1S/C22H20ClF3N4O3/c23-15-5-1-2-6-16(15)30-21(13-19(27-30)22(24,25)26)33-14-20(32)29-11-9-28(10-12-29)17-7-3-4-8-18(17)31/h1-8,13,31H,9-12,14H2. The number of aromatic hydroxyl groups is 1. The van der Waals surface area contributed by atoms with Gasteiger partial charge in [-0.15, -0.1) is 0 Å². The maximum absolute atomic E-state index is 13.2. The number of rotatable bonds is 5. The van der Waals surface area contributed by atoms with E-state index in [2.05, 4.69) is 5.10 Å². The van der Waals surface area contributed by atoms with Gasteiger partial charge in [-0.2, -0.15) is 23.0 Å². The van der Waals surface area contributed by atoms with Gasteiger partial charge in [0, 0.05) is 32.2 Å². The highest BCUT2D eigenvalue weighted by Gasteiger charge is 2.36. The second-order valence-electron chi connectivity index (χ2n) is 7.37. The summed E-state index contributed by atoms with van der Waals surface area (Å²) < 4.78 is 46.1. The molecule has 0 unspecified atom stereocenters. The predicted octanol–water partition coefficient (Wildman–Crippen LogP) is 3.98. The van der Waals surface area contributed by atoms with Crippen LogP contribution in [-0.2, 0) is 11.0 Å². The lowest BCUT2D eigenvalue weighted by Gasteiger charge is -2.36. The first-order valence-corrected chi connectivity index (χ1v) is 10.5. The van der Waals surface area contributed by atoms with Gasteiger partial charge in [0.25, 0.3) is 5.91 Å². The number of carbonyl (C=O) groups is 1. The fraction of sp³-hybridized carbons (Fsp3) is 0.273. The van der Waals surface area contributed by atoms with Crippen LogP contribution in [0.5, 0.6) is 11.6 Å². The molecule has 1 aromatic heterocycles. The second-order valence-corrected chi connectivity index (χ2v) is 7.78. The molecule has 3 aromatic rings. The Labute approximate surface area is 192 Å². The third-order valence-corrected chi connectivity index (χ3v) is 5.57. The number of para-hydroxylation sites is 3. The van der Waals surface area contributed by atoms with Gasteiger partial charge in [-0.1, -0.05) is 35.9 Å². The van der Waals surface area contributed by atoms with E-state index in [1.807, 2.05) is 11.0 Å². The molecule has 4 rings (SSSR count). The summed E-state index contributed by atoms with van der Waals surface area (Å²) in [5.41, 5.74) is -0.265. The maximum atomic E-state index is 13.2. The molecule has 1 fully saturated rings. The van der Waals surface area contributed by atoms with E-state index in [-0.39, 0.29) is 28.2 Å². The topological polar surface area (TPSA) is 70.8 Å². The number of phenols is 1. The largest absolute Gasteiger partial charge is 0.506 e. The molecular weight excluding hydrogens is 461 g/mol. The Kier molecular flexibility index (Phi) is 6.37. The molecule has 0 radical (unpaired) electrons. The molecule has 7 nitrogen and oxygen atoms in total. The van der Waals surface area contributed by atoms with Gasteiger partial charge in [-0.3, -0.25) is 4.79 Å². The average molecular weight is 481 g/mol. The number of phenolic OH excluding ortho intramolecular Hbond substituents is 1. The molecule has 174 valence electrons. The molecular formula is C22H20ClF3N4O3. The third-order valence-electron chi connectivity index (χ3n) is 5.25. The van der Waals surface area contributed by atoms with Crippen molar-refractivity contribution in [3.63, 3.8) is 0 Å². The molecule has 1 aliphatic rings. The summed E-state index contributed by atoms with van der Waals surface area (Å²) in [5, 5.41) is 13.8. The summed E-state index contributed by atoms with van der Waals surface area (Å²) in [6.07, 6.45) is -4.69. The lowest BCUT2D eigenvalue weighted by molar-refractivity contribution is -0.141. The Morgan fingerprint density at radius 2 is 1.67 bits per heavy atom. The molecule has 0 aliphatic carbocycles. The lowest BCUT2D eigenvalue weighted by Crippen LogP contribution is -2.50. The maximum Gasteiger partial charge on any atom is 0.435 e. The van der Waals surface area contributed by atoms with E-state index in [0.717, 1.165) is 10.7 Å². The number of carbonyl (C=O) groups excluding carboxylic acids is 1. The molecule has 33 heavy (non-hydrogen) atoms. The highest BCUT2D eigenvalue weighted by Crippen LogP contribution is 2.33. The number of amides is 1. The molecule has 1 amide bonds. The van der Waals surface area contributed by atoms with E-state index in [1.165, 1.54) is 12.1 Å². The van der Waals surface area contributed by atoms with Gasteiger partial charge in [0.1, 0.15) is 5.75 Å². The first kappa shape index (κ1) is 22.8. The summed E-state index contributed by atoms with van der Waals surface area (Å²) in [6, 6.07) is 13.9. The Bertz CT molecular complexity index is 1140. The van der Waals surface area contributed by atoms with Crippen molar-refractivity contribution in [1.29, 1.82) is 0 Å². The third kappa shape index (κ3) is 5.00. The minimum Gasteiger partial charge on any atom is -0.506 e. The normalized spacial score (nSPS) is 14.4. The lowest BCUT2D eigenvalue weighted by atomic mass is 10.2. The van der Waals surface area contributed by atoms with Crippen LogP contribution in [0.25, 0.3) is 5.69 Å². The predicted molar refractivity (Wildman–Crippen MR) is 116 cm³/mol. The minimum absolute atomic E-state index is 0.161. The fourth-order valence-corrected chi connectivity index (χ4v) is 3.77. The molecule has 1 N–H and O–H groups in total. The molecule has 0 bridgehead atoms. The van der Waals surface area contributed by atoms with Crippen LogP contribution >= 0.6 is 11.6 Å². The van der Waals surface area contributed by atoms with Crippen molar-refractivity contribution in [3.05, 3.63) is 65.3 Å². The van der Waals surface area contributed by atoms with Crippen LogP contribution in [0.1, 0.15) is 5.69 Å². The number of halogens is 4. The van der Waals surface area contributed by atoms with Gasteiger partial charge in [0.05, 0.1) is 16.4 Å². The Morgan fingerprint density at radius 1 is 1.03 bits per heavy atom. The SMILES string of the molecule is O=C(COc1cc(C(F)(F)F)nn1-c1ccccc1Cl)N1CCN(c2ccccc2O)CC1. The van der Waals surface area contributed by atoms with Crippen LogP contribution < -0.4 is 9.64 Å². The first-order chi connectivity index (χ1) is 15.7. The molecule has 11 heteroatoms. The van der Waals surface area contributed by atoms with E-state index in [1.54, 1.807) is 35.2 Å². The molecule has 0 spiro atoms. The molecule has 1 aliphatic heterocycles. The molecule has 2 heterocycles. The summed E-state index contributed by atoms with van der Waals surface area (Å²) in [4.78, 5) is 16.2. The fourth-order valence-electron chi connectivity index (χ4n) is 3.56. The highest BCUT2D eigenvalue weighted by atomic mass is 35.5. The quantitative estimate of drug-likeness (QED) is 0.598. The van der Waals surface area contributed by atoms with Gasteiger partial charge in [0.2, 0.25) is 5.88 Å². The number of hydrogen-bond donors (Lipinski definition) is 1.